The highest BCUT2D eigenvalue weighted by molar-refractivity contribution is 7.92. The lowest BCUT2D eigenvalue weighted by molar-refractivity contribution is 0.0980. The second-order valence-electron chi connectivity index (χ2n) is 9.30. The summed E-state index contributed by atoms with van der Waals surface area (Å²) in [5, 5.41) is 9.98. The number of phenols is 1. The van der Waals surface area contributed by atoms with Crippen molar-refractivity contribution in [2.45, 2.75) is 32.6 Å². The number of nitrogens with one attached hydrogen (secondary N) is 1. The van der Waals surface area contributed by atoms with Gasteiger partial charge in [0, 0.05) is 24.2 Å². The lowest BCUT2D eigenvalue weighted by Crippen LogP contribution is -2.38. The third kappa shape index (κ3) is 4.85. The highest BCUT2D eigenvalue weighted by atomic mass is 32.2. The number of rotatable bonds is 4. The molecule has 0 radical (unpaired) electrons. The molecule has 0 spiro atoms. The van der Waals surface area contributed by atoms with Crippen LogP contribution in [-0.4, -0.2) is 37.2 Å². The fourth-order valence-corrected chi connectivity index (χ4v) is 4.44. The monoisotopic (exact) mass is 465 g/mol. The predicted octanol–water partition coefficient (Wildman–Crippen LogP) is 4.33. The van der Waals surface area contributed by atoms with Crippen molar-refractivity contribution in [1.29, 1.82) is 0 Å². The molecule has 1 amide bonds. The summed E-state index contributed by atoms with van der Waals surface area (Å²) in [6, 6.07) is 16.4. The van der Waals surface area contributed by atoms with Crippen molar-refractivity contribution in [1.82, 2.24) is 4.98 Å². The maximum absolute atomic E-state index is 13.2. The number of aromatic hydroxyl groups is 1. The Bertz CT molecular complexity index is 1330. The van der Waals surface area contributed by atoms with Gasteiger partial charge in [-0.1, -0.05) is 45.0 Å². The number of aromatic nitrogens is 1. The Morgan fingerprint density at radius 2 is 1.73 bits per heavy atom. The maximum atomic E-state index is 13.2. The van der Waals surface area contributed by atoms with E-state index in [2.05, 4.69) is 49.8 Å². The van der Waals surface area contributed by atoms with Crippen LogP contribution in [0.1, 0.15) is 42.4 Å². The molecule has 0 bridgehead atoms. The molecule has 1 aliphatic rings. The quantitative estimate of drug-likeness (QED) is 0.559. The molecule has 2 heterocycles. The van der Waals surface area contributed by atoms with E-state index >= 15 is 0 Å². The number of sulfonamides is 1. The van der Waals surface area contributed by atoms with Gasteiger partial charge >= 0.3 is 0 Å². The Labute approximate surface area is 194 Å². The molecule has 7 nitrogen and oxygen atoms in total. The number of amides is 1. The lowest BCUT2D eigenvalue weighted by atomic mass is 9.86. The first-order valence-electron chi connectivity index (χ1n) is 10.7. The van der Waals surface area contributed by atoms with Crippen molar-refractivity contribution in [2.75, 3.05) is 22.4 Å². The van der Waals surface area contributed by atoms with Gasteiger partial charge in [-0.3, -0.25) is 14.5 Å². The number of hydrogen-bond donors (Lipinski definition) is 2. The number of nitrogens with zero attached hydrogens (tertiary/aromatic N) is 2. The van der Waals surface area contributed by atoms with Gasteiger partial charge in [0.1, 0.15) is 5.75 Å². The molecular formula is C25H27N3O4S. The zero-order chi connectivity index (χ0) is 24.0. The summed E-state index contributed by atoms with van der Waals surface area (Å²) in [7, 11) is -3.57. The molecule has 3 aromatic rings. The highest BCUT2D eigenvalue weighted by Gasteiger charge is 2.27. The Balaban J connectivity index is 1.61. The molecule has 8 heteroatoms. The van der Waals surface area contributed by atoms with Gasteiger partial charge in [0.25, 0.3) is 5.91 Å². The first kappa shape index (κ1) is 22.8. The minimum absolute atomic E-state index is 0.0285. The number of anilines is 2. The number of carbonyl (C=O) groups is 1. The van der Waals surface area contributed by atoms with Gasteiger partial charge in [-0.25, -0.2) is 8.42 Å². The molecule has 1 aromatic heterocycles. The molecule has 0 saturated heterocycles. The van der Waals surface area contributed by atoms with Crippen LogP contribution < -0.4 is 9.62 Å². The summed E-state index contributed by atoms with van der Waals surface area (Å²) in [5.41, 5.74) is 4.91. The molecule has 0 aliphatic carbocycles. The van der Waals surface area contributed by atoms with Crippen LogP contribution in [0.5, 0.6) is 5.75 Å². The Morgan fingerprint density at radius 1 is 1.03 bits per heavy atom. The lowest BCUT2D eigenvalue weighted by Gasteiger charge is -2.29. The SMILES string of the molecule is CC(C)(C)c1ccc(-c2ccc3c(n2)CCN(c2ccc(O)c(NS(C)(=O)=O)c2)C3=O)cc1. The maximum Gasteiger partial charge on any atom is 0.260 e. The number of hydrogen-bond acceptors (Lipinski definition) is 5. The van der Waals surface area contributed by atoms with Crippen molar-refractivity contribution in [3.8, 4) is 17.0 Å². The van der Waals surface area contributed by atoms with E-state index in [4.69, 9.17) is 4.98 Å². The van der Waals surface area contributed by atoms with Crippen LogP contribution in [0.4, 0.5) is 11.4 Å². The second kappa shape index (κ2) is 8.19. The average Bonchev–Trinajstić information content (AvgIpc) is 2.74. The van der Waals surface area contributed by atoms with E-state index in [0.717, 1.165) is 23.2 Å². The van der Waals surface area contributed by atoms with Gasteiger partial charge in [0.2, 0.25) is 10.0 Å². The fraction of sp³-hybridized carbons (Fsp3) is 0.280. The zero-order valence-corrected chi connectivity index (χ0v) is 19.9. The Morgan fingerprint density at radius 3 is 2.36 bits per heavy atom. The second-order valence-corrected chi connectivity index (χ2v) is 11.0. The van der Waals surface area contributed by atoms with E-state index in [-0.39, 0.29) is 22.8 Å². The molecule has 172 valence electrons. The summed E-state index contributed by atoms with van der Waals surface area (Å²) >= 11 is 0. The highest BCUT2D eigenvalue weighted by Crippen LogP contribution is 2.33. The van der Waals surface area contributed by atoms with Gasteiger partial charge in [-0.2, -0.15) is 0 Å². The average molecular weight is 466 g/mol. The molecular weight excluding hydrogens is 438 g/mol. The molecule has 2 N–H and O–H groups in total. The van der Waals surface area contributed by atoms with E-state index in [1.54, 1.807) is 17.0 Å². The first-order chi connectivity index (χ1) is 15.4. The van der Waals surface area contributed by atoms with E-state index in [9.17, 15) is 18.3 Å². The molecule has 4 rings (SSSR count). The number of pyridine rings is 1. The Hall–Kier alpha value is -3.39. The third-order valence-electron chi connectivity index (χ3n) is 5.66. The third-order valence-corrected chi connectivity index (χ3v) is 6.25. The predicted molar refractivity (Wildman–Crippen MR) is 130 cm³/mol. The summed E-state index contributed by atoms with van der Waals surface area (Å²) in [4.78, 5) is 19.5. The van der Waals surface area contributed by atoms with Gasteiger partial charge in [0.15, 0.2) is 0 Å². The fourth-order valence-electron chi connectivity index (χ4n) is 3.87. The van der Waals surface area contributed by atoms with Crippen molar-refractivity contribution >= 4 is 27.3 Å². The summed E-state index contributed by atoms with van der Waals surface area (Å²) in [5.74, 6) is -0.424. The van der Waals surface area contributed by atoms with Crippen LogP contribution >= 0.6 is 0 Å². The largest absolute Gasteiger partial charge is 0.506 e. The van der Waals surface area contributed by atoms with Crippen molar-refractivity contribution in [3.05, 3.63) is 71.4 Å². The van der Waals surface area contributed by atoms with Crippen LogP contribution in [-0.2, 0) is 21.9 Å². The molecule has 0 unspecified atom stereocenters. The normalized spacial score (nSPS) is 14.2. The summed E-state index contributed by atoms with van der Waals surface area (Å²) < 4.78 is 25.4. The number of phenolic OH excluding ortho intramolecular Hbond substituents is 1. The van der Waals surface area contributed by atoms with E-state index in [1.165, 1.54) is 17.7 Å². The van der Waals surface area contributed by atoms with Gasteiger partial charge in [-0.05, 0) is 41.3 Å². The van der Waals surface area contributed by atoms with Crippen molar-refractivity contribution in [3.63, 3.8) is 0 Å². The van der Waals surface area contributed by atoms with Crippen LogP contribution in [0, 0.1) is 0 Å². The molecule has 0 atom stereocenters. The minimum Gasteiger partial charge on any atom is -0.506 e. The zero-order valence-electron chi connectivity index (χ0n) is 19.1. The van der Waals surface area contributed by atoms with E-state index in [0.29, 0.717) is 24.2 Å². The number of fused-ring (bicyclic) bond motifs is 1. The molecule has 2 aromatic carbocycles. The summed E-state index contributed by atoms with van der Waals surface area (Å²) in [6.07, 6.45) is 1.56. The van der Waals surface area contributed by atoms with Gasteiger partial charge < -0.3 is 10.0 Å². The van der Waals surface area contributed by atoms with Crippen molar-refractivity contribution < 1.29 is 18.3 Å². The number of carbonyl (C=O) groups excluding carboxylic acids is 1. The van der Waals surface area contributed by atoms with Crippen LogP contribution in [0.15, 0.2) is 54.6 Å². The van der Waals surface area contributed by atoms with Crippen LogP contribution in [0.25, 0.3) is 11.3 Å². The molecule has 33 heavy (non-hydrogen) atoms. The van der Waals surface area contributed by atoms with Gasteiger partial charge in [0.05, 0.1) is 28.9 Å². The Kier molecular flexibility index (Phi) is 5.66. The van der Waals surface area contributed by atoms with Crippen LogP contribution in [0.2, 0.25) is 0 Å². The minimum atomic E-state index is -3.57. The molecule has 1 aliphatic heterocycles. The molecule has 0 saturated carbocycles. The van der Waals surface area contributed by atoms with E-state index in [1.807, 2.05) is 6.07 Å². The van der Waals surface area contributed by atoms with Crippen molar-refractivity contribution in [2.24, 2.45) is 0 Å². The van der Waals surface area contributed by atoms with Crippen LogP contribution in [0.3, 0.4) is 0 Å². The number of benzene rings is 2. The molecule has 0 fully saturated rings. The smallest absolute Gasteiger partial charge is 0.260 e. The summed E-state index contributed by atoms with van der Waals surface area (Å²) in [6.45, 7) is 6.91. The van der Waals surface area contributed by atoms with Gasteiger partial charge in [-0.15, -0.1) is 0 Å². The first-order valence-corrected chi connectivity index (χ1v) is 12.5. The van der Waals surface area contributed by atoms with E-state index < -0.39 is 10.0 Å². The topological polar surface area (TPSA) is 99.6 Å². The standard InChI is InChI=1S/C25H27N3O4S/c1-25(2,3)17-7-5-16(6-8-17)20-11-10-19-21(26-20)13-14-28(24(19)30)18-9-12-23(29)22(15-18)27-33(4,31)32/h5-12,15,27,29H,13-14H2,1-4H3.